The van der Waals surface area contributed by atoms with Crippen molar-refractivity contribution in [2.75, 3.05) is 5.32 Å². The molecular formula is C18H16N4O2. The van der Waals surface area contributed by atoms with Crippen molar-refractivity contribution in [1.29, 1.82) is 0 Å². The molecule has 0 fully saturated rings. The number of pyridine rings is 1. The first-order valence-corrected chi connectivity index (χ1v) is 7.69. The van der Waals surface area contributed by atoms with E-state index in [0.717, 1.165) is 28.1 Å². The van der Waals surface area contributed by atoms with E-state index in [9.17, 15) is 4.79 Å². The molecule has 24 heavy (non-hydrogen) atoms. The zero-order valence-electron chi connectivity index (χ0n) is 13.2. The van der Waals surface area contributed by atoms with Gasteiger partial charge in [0, 0.05) is 17.3 Å². The lowest BCUT2D eigenvalue weighted by Crippen LogP contribution is -2.21. The Bertz CT molecular complexity index is 903. The first-order chi connectivity index (χ1) is 11.7. The highest BCUT2D eigenvalue weighted by atomic mass is 16.5. The Morgan fingerprint density at radius 2 is 2.25 bits per heavy atom. The first kappa shape index (κ1) is 14.4. The SMILES string of the molecule is Cc1ccc2c(c1)-c1c(cnn1CC(=O)Nc1cccnc1)CO2. The number of ether oxygens (including phenoxy) is 1. The zero-order valence-corrected chi connectivity index (χ0v) is 13.2. The summed E-state index contributed by atoms with van der Waals surface area (Å²) in [5, 5.41) is 7.20. The van der Waals surface area contributed by atoms with Crippen LogP contribution in [0.25, 0.3) is 11.3 Å². The Balaban J connectivity index is 1.62. The molecule has 3 aromatic rings. The van der Waals surface area contributed by atoms with Crippen LogP contribution in [-0.4, -0.2) is 20.7 Å². The van der Waals surface area contributed by atoms with Crippen LogP contribution in [0.5, 0.6) is 5.75 Å². The molecule has 1 aliphatic heterocycles. The Morgan fingerprint density at radius 3 is 3.08 bits per heavy atom. The summed E-state index contributed by atoms with van der Waals surface area (Å²) in [6.07, 6.45) is 5.04. The molecule has 2 aromatic heterocycles. The normalized spacial score (nSPS) is 12.0. The molecule has 0 bridgehead atoms. The maximum atomic E-state index is 12.3. The second kappa shape index (κ2) is 5.81. The van der Waals surface area contributed by atoms with Gasteiger partial charge >= 0.3 is 0 Å². The van der Waals surface area contributed by atoms with Gasteiger partial charge in [-0.25, -0.2) is 0 Å². The van der Waals surface area contributed by atoms with Gasteiger partial charge in [-0.05, 0) is 31.2 Å². The molecule has 120 valence electrons. The fraction of sp³-hybridized carbons (Fsp3) is 0.167. The molecule has 6 nitrogen and oxygen atoms in total. The predicted octanol–water partition coefficient (Wildman–Crippen LogP) is 2.78. The standard InChI is InChI=1S/C18H16N4O2/c1-12-4-5-16-15(7-12)18-13(11-24-16)8-20-22(18)10-17(23)21-14-3-2-6-19-9-14/h2-9H,10-11H2,1H3,(H,21,23). The third-order valence-electron chi connectivity index (χ3n) is 3.93. The number of amides is 1. The maximum Gasteiger partial charge on any atom is 0.246 e. The smallest absolute Gasteiger partial charge is 0.246 e. The lowest BCUT2D eigenvalue weighted by atomic mass is 10.0. The number of fused-ring (bicyclic) bond motifs is 3. The van der Waals surface area contributed by atoms with E-state index in [1.165, 1.54) is 0 Å². The van der Waals surface area contributed by atoms with Gasteiger partial charge in [0.1, 0.15) is 18.9 Å². The predicted molar refractivity (Wildman–Crippen MR) is 89.6 cm³/mol. The lowest BCUT2D eigenvalue weighted by Gasteiger charge is -2.19. The molecule has 0 spiro atoms. The molecule has 0 saturated heterocycles. The van der Waals surface area contributed by atoms with Crippen molar-refractivity contribution in [2.45, 2.75) is 20.1 Å². The topological polar surface area (TPSA) is 69.0 Å². The van der Waals surface area contributed by atoms with Crippen molar-refractivity contribution in [3.8, 4) is 17.0 Å². The molecular weight excluding hydrogens is 304 g/mol. The van der Waals surface area contributed by atoms with E-state index in [0.29, 0.717) is 12.3 Å². The van der Waals surface area contributed by atoms with Crippen molar-refractivity contribution in [2.24, 2.45) is 0 Å². The summed E-state index contributed by atoms with van der Waals surface area (Å²) < 4.78 is 7.48. The molecule has 6 heteroatoms. The van der Waals surface area contributed by atoms with Gasteiger partial charge in [-0.1, -0.05) is 11.6 Å². The van der Waals surface area contributed by atoms with Crippen molar-refractivity contribution < 1.29 is 9.53 Å². The van der Waals surface area contributed by atoms with Gasteiger partial charge in [-0.3, -0.25) is 14.5 Å². The van der Waals surface area contributed by atoms with Gasteiger partial charge in [0.15, 0.2) is 0 Å². The summed E-state index contributed by atoms with van der Waals surface area (Å²) in [6, 6.07) is 9.61. The number of nitrogens with one attached hydrogen (secondary N) is 1. The van der Waals surface area contributed by atoms with Crippen LogP contribution in [-0.2, 0) is 17.9 Å². The largest absolute Gasteiger partial charge is 0.488 e. The molecule has 0 saturated carbocycles. The minimum absolute atomic E-state index is 0.137. The van der Waals surface area contributed by atoms with Crippen LogP contribution in [0.3, 0.4) is 0 Å². The quantitative estimate of drug-likeness (QED) is 0.805. The fourth-order valence-electron chi connectivity index (χ4n) is 2.85. The number of rotatable bonds is 3. The van der Waals surface area contributed by atoms with E-state index in [1.54, 1.807) is 35.4 Å². The average Bonchev–Trinajstić information content (AvgIpc) is 2.99. The van der Waals surface area contributed by atoms with E-state index in [1.807, 2.05) is 19.1 Å². The second-order valence-corrected chi connectivity index (χ2v) is 5.75. The number of aromatic nitrogens is 3. The Hall–Kier alpha value is -3.15. The Morgan fingerprint density at radius 1 is 1.33 bits per heavy atom. The summed E-state index contributed by atoms with van der Waals surface area (Å²) in [6.45, 7) is 2.64. The summed E-state index contributed by atoms with van der Waals surface area (Å²) in [4.78, 5) is 16.3. The van der Waals surface area contributed by atoms with Crippen molar-refractivity contribution >= 4 is 11.6 Å². The number of anilines is 1. The molecule has 0 atom stereocenters. The number of aryl methyl sites for hydroxylation is 1. The fourth-order valence-corrected chi connectivity index (χ4v) is 2.85. The minimum Gasteiger partial charge on any atom is -0.488 e. The Labute approximate surface area is 139 Å². The van der Waals surface area contributed by atoms with E-state index >= 15 is 0 Å². The molecule has 0 unspecified atom stereocenters. The van der Waals surface area contributed by atoms with Crippen molar-refractivity contribution in [3.05, 3.63) is 60.0 Å². The lowest BCUT2D eigenvalue weighted by molar-refractivity contribution is -0.116. The summed E-state index contributed by atoms with van der Waals surface area (Å²) >= 11 is 0. The van der Waals surface area contributed by atoms with Gasteiger partial charge < -0.3 is 10.1 Å². The molecule has 1 aliphatic rings. The minimum atomic E-state index is -0.144. The highest BCUT2D eigenvalue weighted by Crippen LogP contribution is 2.37. The third kappa shape index (κ3) is 2.62. The van der Waals surface area contributed by atoms with Crippen LogP contribution in [0.2, 0.25) is 0 Å². The number of hydrogen-bond acceptors (Lipinski definition) is 4. The van der Waals surface area contributed by atoms with Crippen LogP contribution in [0.1, 0.15) is 11.1 Å². The highest BCUT2D eigenvalue weighted by Gasteiger charge is 2.23. The number of hydrogen-bond donors (Lipinski definition) is 1. The van der Waals surface area contributed by atoms with Gasteiger partial charge in [0.05, 0.1) is 23.8 Å². The molecule has 1 N–H and O–H groups in total. The molecule has 3 heterocycles. The molecule has 0 radical (unpaired) electrons. The average molecular weight is 320 g/mol. The molecule has 1 amide bonds. The zero-order chi connectivity index (χ0) is 16.5. The van der Waals surface area contributed by atoms with Crippen LogP contribution in [0.4, 0.5) is 5.69 Å². The summed E-state index contributed by atoms with van der Waals surface area (Å²) in [7, 11) is 0. The highest BCUT2D eigenvalue weighted by molar-refractivity contribution is 5.90. The van der Waals surface area contributed by atoms with E-state index in [2.05, 4.69) is 21.5 Å². The molecule has 4 rings (SSSR count). The monoisotopic (exact) mass is 320 g/mol. The molecule has 0 aliphatic carbocycles. The van der Waals surface area contributed by atoms with E-state index in [4.69, 9.17) is 4.74 Å². The van der Waals surface area contributed by atoms with Gasteiger partial charge in [0.25, 0.3) is 0 Å². The summed E-state index contributed by atoms with van der Waals surface area (Å²) in [5.74, 6) is 0.678. The third-order valence-corrected chi connectivity index (χ3v) is 3.93. The number of nitrogens with zero attached hydrogens (tertiary/aromatic N) is 3. The van der Waals surface area contributed by atoms with Gasteiger partial charge in [-0.2, -0.15) is 5.10 Å². The van der Waals surface area contributed by atoms with Crippen LogP contribution in [0.15, 0.2) is 48.9 Å². The molecule has 1 aromatic carbocycles. The Kier molecular flexibility index (Phi) is 3.49. The number of carbonyl (C=O) groups is 1. The van der Waals surface area contributed by atoms with Crippen LogP contribution in [0, 0.1) is 6.92 Å². The van der Waals surface area contributed by atoms with Crippen LogP contribution < -0.4 is 10.1 Å². The van der Waals surface area contributed by atoms with E-state index < -0.39 is 0 Å². The van der Waals surface area contributed by atoms with Crippen LogP contribution >= 0.6 is 0 Å². The first-order valence-electron chi connectivity index (χ1n) is 7.69. The number of benzene rings is 1. The number of carbonyl (C=O) groups excluding carboxylic acids is 1. The van der Waals surface area contributed by atoms with Crippen molar-refractivity contribution in [3.63, 3.8) is 0 Å². The summed E-state index contributed by atoms with van der Waals surface area (Å²) in [5.41, 5.74) is 4.72. The van der Waals surface area contributed by atoms with Gasteiger partial charge in [0.2, 0.25) is 5.91 Å². The van der Waals surface area contributed by atoms with Gasteiger partial charge in [-0.15, -0.1) is 0 Å². The van der Waals surface area contributed by atoms with Crippen molar-refractivity contribution in [1.82, 2.24) is 14.8 Å². The second-order valence-electron chi connectivity index (χ2n) is 5.75. The maximum absolute atomic E-state index is 12.3. The van der Waals surface area contributed by atoms with E-state index in [-0.39, 0.29) is 12.5 Å².